The van der Waals surface area contributed by atoms with Gasteiger partial charge < -0.3 is 9.88 Å². The first-order valence-electron chi connectivity index (χ1n) is 11.1. The van der Waals surface area contributed by atoms with Crippen LogP contribution in [0.4, 0.5) is 10.2 Å². The third-order valence-corrected chi connectivity index (χ3v) is 5.73. The van der Waals surface area contributed by atoms with Gasteiger partial charge in [-0.1, -0.05) is 26.2 Å². The highest BCUT2D eigenvalue weighted by molar-refractivity contribution is 6.02. The molecule has 0 aliphatic carbocycles. The van der Waals surface area contributed by atoms with Gasteiger partial charge in [0.1, 0.15) is 17.3 Å². The van der Waals surface area contributed by atoms with Crippen LogP contribution in [0.15, 0.2) is 60.9 Å². The molecule has 160 valence electrons. The Morgan fingerprint density at radius 3 is 2.35 bits per heavy atom. The molecule has 0 saturated heterocycles. The van der Waals surface area contributed by atoms with Crippen LogP contribution in [0.25, 0.3) is 33.4 Å². The van der Waals surface area contributed by atoms with Gasteiger partial charge in [-0.2, -0.15) is 0 Å². The van der Waals surface area contributed by atoms with E-state index in [9.17, 15) is 4.39 Å². The van der Waals surface area contributed by atoms with Crippen molar-refractivity contribution < 1.29 is 4.39 Å². The van der Waals surface area contributed by atoms with E-state index >= 15 is 0 Å². The lowest BCUT2D eigenvalue weighted by Gasteiger charge is -2.21. The Kier molecular flexibility index (Phi) is 6.60. The van der Waals surface area contributed by atoms with Crippen LogP contribution in [-0.4, -0.2) is 28.0 Å². The van der Waals surface area contributed by atoms with Crippen molar-refractivity contribution in [2.45, 2.75) is 39.5 Å². The molecule has 0 amide bonds. The number of H-pyrrole nitrogens is 1. The molecule has 0 radical (unpaired) electrons. The standard InChI is InChI=1S/C26H29FN4/c1-3-5-6-7-18-31(4-2)23-13-12-22-24(19-14-16-28-17-15-19)25(30-26(22)29-23)20-8-10-21(27)11-9-20/h8-17H,3-7,18H2,1-2H3,(H,29,30). The lowest BCUT2D eigenvalue weighted by molar-refractivity contribution is 0.628. The number of unbranched alkanes of at least 4 members (excludes halogenated alkanes) is 3. The number of nitrogens with zero attached hydrogens (tertiary/aromatic N) is 3. The van der Waals surface area contributed by atoms with Gasteiger partial charge in [-0.15, -0.1) is 0 Å². The molecule has 0 unspecified atom stereocenters. The Balaban J connectivity index is 1.77. The van der Waals surface area contributed by atoms with E-state index in [0.717, 1.165) is 52.3 Å². The number of benzene rings is 1. The van der Waals surface area contributed by atoms with Crippen LogP contribution in [0.3, 0.4) is 0 Å². The van der Waals surface area contributed by atoms with E-state index in [4.69, 9.17) is 4.98 Å². The molecule has 0 fully saturated rings. The average molecular weight is 417 g/mol. The molecule has 4 aromatic rings. The van der Waals surface area contributed by atoms with Crippen LogP contribution in [0, 0.1) is 5.82 Å². The van der Waals surface area contributed by atoms with E-state index in [1.165, 1.54) is 37.8 Å². The Morgan fingerprint density at radius 2 is 1.65 bits per heavy atom. The minimum absolute atomic E-state index is 0.243. The lowest BCUT2D eigenvalue weighted by atomic mass is 10.00. The van der Waals surface area contributed by atoms with Crippen molar-refractivity contribution in [1.29, 1.82) is 0 Å². The zero-order chi connectivity index (χ0) is 21.6. The van der Waals surface area contributed by atoms with E-state index in [0.29, 0.717) is 0 Å². The maximum atomic E-state index is 13.5. The lowest BCUT2D eigenvalue weighted by Crippen LogP contribution is -2.24. The number of hydrogen-bond acceptors (Lipinski definition) is 3. The molecule has 4 rings (SSSR count). The molecule has 3 aromatic heterocycles. The molecular formula is C26H29FN4. The van der Waals surface area contributed by atoms with Gasteiger partial charge in [0.05, 0.1) is 5.69 Å². The zero-order valence-electron chi connectivity index (χ0n) is 18.2. The first kappa shape index (κ1) is 21.0. The molecule has 1 aromatic carbocycles. The molecular weight excluding hydrogens is 387 g/mol. The Morgan fingerprint density at radius 1 is 0.871 bits per heavy atom. The predicted octanol–water partition coefficient (Wildman–Crippen LogP) is 6.84. The van der Waals surface area contributed by atoms with E-state index < -0.39 is 0 Å². The largest absolute Gasteiger partial charge is 0.357 e. The van der Waals surface area contributed by atoms with Crippen LogP contribution in [0.5, 0.6) is 0 Å². The number of aromatic nitrogens is 3. The minimum Gasteiger partial charge on any atom is -0.357 e. The number of aromatic amines is 1. The highest BCUT2D eigenvalue weighted by atomic mass is 19.1. The van der Waals surface area contributed by atoms with Crippen molar-refractivity contribution in [2.24, 2.45) is 0 Å². The van der Waals surface area contributed by atoms with Crippen LogP contribution >= 0.6 is 0 Å². The fraction of sp³-hybridized carbons (Fsp3) is 0.308. The van der Waals surface area contributed by atoms with Gasteiger partial charge in [0.25, 0.3) is 0 Å². The fourth-order valence-electron chi connectivity index (χ4n) is 4.05. The van der Waals surface area contributed by atoms with E-state index in [1.54, 1.807) is 24.5 Å². The SMILES string of the molecule is CCCCCCN(CC)c1ccc2c(-c3ccncc3)c(-c3ccc(F)cc3)[nH]c2n1. The number of halogens is 1. The molecule has 0 bridgehead atoms. The third kappa shape index (κ3) is 4.61. The number of pyridine rings is 2. The van der Waals surface area contributed by atoms with Gasteiger partial charge in [0.2, 0.25) is 0 Å². The summed E-state index contributed by atoms with van der Waals surface area (Å²) in [5, 5.41) is 1.05. The minimum atomic E-state index is -0.243. The average Bonchev–Trinajstić information content (AvgIpc) is 3.19. The van der Waals surface area contributed by atoms with Gasteiger partial charge in [-0.05, 0) is 73.0 Å². The van der Waals surface area contributed by atoms with Crippen molar-refractivity contribution in [3.05, 3.63) is 66.7 Å². The summed E-state index contributed by atoms with van der Waals surface area (Å²) in [6, 6.07) is 14.8. The highest BCUT2D eigenvalue weighted by Crippen LogP contribution is 2.38. The quantitative estimate of drug-likeness (QED) is 0.304. The molecule has 5 heteroatoms. The topological polar surface area (TPSA) is 44.8 Å². The molecule has 0 aliphatic heterocycles. The Bertz CT molecular complexity index is 1120. The highest BCUT2D eigenvalue weighted by Gasteiger charge is 2.17. The van der Waals surface area contributed by atoms with Crippen molar-refractivity contribution in [1.82, 2.24) is 15.0 Å². The summed E-state index contributed by atoms with van der Waals surface area (Å²) in [4.78, 5) is 15.0. The number of hydrogen-bond donors (Lipinski definition) is 1. The molecule has 0 saturated carbocycles. The van der Waals surface area contributed by atoms with Gasteiger partial charge >= 0.3 is 0 Å². The zero-order valence-corrected chi connectivity index (χ0v) is 18.2. The summed E-state index contributed by atoms with van der Waals surface area (Å²) in [6.07, 6.45) is 8.52. The van der Waals surface area contributed by atoms with E-state index in [2.05, 4.69) is 40.8 Å². The predicted molar refractivity (Wildman–Crippen MR) is 127 cm³/mol. The van der Waals surface area contributed by atoms with E-state index in [1.807, 2.05) is 12.1 Å². The number of rotatable bonds is 9. The van der Waals surface area contributed by atoms with Crippen molar-refractivity contribution in [2.75, 3.05) is 18.0 Å². The van der Waals surface area contributed by atoms with Crippen molar-refractivity contribution in [3.8, 4) is 22.4 Å². The first-order valence-corrected chi connectivity index (χ1v) is 11.1. The second-order valence-electron chi connectivity index (χ2n) is 7.82. The smallest absolute Gasteiger partial charge is 0.140 e. The fourth-order valence-corrected chi connectivity index (χ4v) is 4.05. The summed E-state index contributed by atoms with van der Waals surface area (Å²) in [5.74, 6) is 0.743. The van der Waals surface area contributed by atoms with Crippen LogP contribution in [0.1, 0.15) is 39.5 Å². The molecule has 1 N–H and O–H groups in total. The Hall–Kier alpha value is -3.21. The normalized spacial score (nSPS) is 11.2. The van der Waals surface area contributed by atoms with Crippen LogP contribution < -0.4 is 4.90 Å². The molecule has 4 nitrogen and oxygen atoms in total. The second kappa shape index (κ2) is 9.73. The molecule has 0 atom stereocenters. The van der Waals surface area contributed by atoms with Crippen LogP contribution in [-0.2, 0) is 0 Å². The summed E-state index contributed by atoms with van der Waals surface area (Å²) in [5.41, 5.74) is 4.84. The summed E-state index contributed by atoms with van der Waals surface area (Å²) in [6.45, 7) is 6.34. The summed E-state index contributed by atoms with van der Waals surface area (Å²) in [7, 11) is 0. The number of anilines is 1. The number of nitrogens with one attached hydrogen (secondary N) is 1. The maximum Gasteiger partial charge on any atom is 0.140 e. The van der Waals surface area contributed by atoms with E-state index in [-0.39, 0.29) is 5.82 Å². The molecule has 0 aliphatic rings. The van der Waals surface area contributed by atoms with Gasteiger partial charge in [-0.3, -0.25) is 4.98 Å². The van der Waals surface area contributed by atoms with Gasteiger partial charge in [0.15, 0.2) is 0 Å². The number of fused-ring (bicyclic) bond motifs is 1. The first-order chi connectivity index (χ1) is 15.2. The van der Waals surface area contributed by atoms with Crippen molar-refractivity contribution in [3.63, 3.8) is 0 Å². The summed E-state index contributed by atoms with van der Waals surface area (Å²) < 4.78 is 13.5. The Labute approximate surface area is 183 Å². The molecule has 3 heterocycles. The monoisotopic (exact) mass is 416 g/mol. The van der Waals surface area contributed by atoms with Gasteiger partial charge in [-0.25, -0.2) is 9.37 Å². The second-order valence-corrected chi connectivity index (χ2v) is 7.82. The van der Waals surface area contributed by atoms with Gasteiger partial charge in [0, 0.05) is 36.4 Å². The third-order valence-electron chi connectivity index (χ3n) is 5.73. The molecule has 0 spiro atoms. The summed E-state index contributed by atoms with van der Waals surface area (Å²) >= 11 is 0. The van der Waals surface area contributed by atoms with Crippen molar-refractivity contribution >= 4 is 16.9 Å². The maximum absolute atomic E-state index is 13.5. The molecule has 31 heavy (non-hydrogen) atoms. The van der Waals surface area contributed by atoms with Crippen LogP contribution in [0.2, 0.25) is 0 Å².